The molecule has 0 aromatic heterocycles. The van der Waals surface area contributed by atoms with Gasteiger partial charge in [0, 0.05) is 16.9 Å². The van der Waals surface area contributed by atoms with Crippen LogP contribution in [0.1, 0.15) is 29.3 Å². The predicted octanol–water partition coefficient (Wildman–Crippen LogP) is 5.75. The topological polar surface area (TPSA) is 67.4 Å². The van der Waals surface area contributed by atoms with Gasteiger partial charge in [0.1, 0.15) is 5.75 Å². The number of para-hydroxylation sites is 1. The highest BCUT2D eigenvalue weighted by Crippen LogP contribution is 2.30. The van der Waals surface area contributed by atoms with Crippen molar-refractivity contribution in [3.8, 4) is 5.75 Å². The Hall–Kier alpha value is -3.81. The highest BCUT2D eigenvalue weighted by atomic mass is 19.4. The van der Waals surface area contributed by atoms with Crippen molar-refractivity contribution in [2.45, 2.75) is 25.6 Å². The number of carbonyl (C=O) groups excluding carboxylic acids is 2. The molecule has 1 atom stereocenters. The Bertz CT molecular complexity index is 1070. The maximum absolute atomic E-state index is 12.8. The van der Waals surface area contributed by atoms with Crippen molar-refractivity contribution < 1.29 is 27.5 Å². The van der Waals surface area contributed by atoms with E-state index in [1.165, 1.54) is 36.4 Å². The second-order valence-corrected chi connectivity index (χ2v) is 6.93. The summed E-state index contributed by atoms with van der Waals surface area (Å²) >= 11 is 0. The molecule has 0 aliphatic rings. The van der Waals surface area contributed by atoms with E-state index in [-0.39, 0.29) is 17.2 Å². The van der Waals surface area contributed by atoms with E-state index in [0.717, 1.165) is 12.1 Å². The van der Waals surface area contributed by atoms with Crippen LogP contribution in [0.2, 0.25) is 0 Å². The highest BCUT2D eigenvalue weighted by Gasteiger charge is 2.30. The molecule has 0 fully saturated rings. The molecule has 0 aliphatic carbocycles. The molecular formula is C24H21F3N2O3. The zero-order valence-electron chi connectivity index (χ0n) is 17.1. The Kier molecular flexibility index (Phi) is 7.14. The third-order valence-electron chi connectivity index (χ3n) is 4.55. The van der Waals surface area contributed by atoms with Crippen molar-refractivity contribution in [2.24, 2.45) is 0 Å². The summed E-state index contributed by atoms with van der Waals surface area (Å²) in [5, 5.41) is 5.17. The first kappa shape index (κ1) is 22.9. The largest absolute Gasteiger partial charge is 0.481 e. The van der Waals surface area contributed by atoms with Crippen LogP contribution in [0.25, 0.3) is 0 Å². The van der Waals surface area contributed by atoms with Crippen molar-refractivity contribution in [1.29, 1.82) is 0 Å². The summed E-state index contributed by atoms with van der Waals surface area (Å²) in [6.45, 7) is 1.83. The van der Waals surface area contributed by atoms with E-state index in [0.29, 0.717) is 17.9 Å². The van der Waals surface area contributed by atoms with Crippen LogP contribution in [-0.2, 0) is 11.0 Å². The molecule has 2 N–H and O–H groups in total. The van der Waals surface area contributed by atoms with Gasteiger partial charge < -0.3 is 15.4 Å². The van der Waals surface area contributed by atoms with Crippen LogP contribution in [0.3, 0.4) is 0 Å². The van der Waals surface area contributed by atoms with Gasteiger partial charge in [0.15, 0.2) is 6.10 Å². The van der Waals surface area contributed by atoms with E-state index in [9.17, 15) is 22.8 Å². The summed E-state index contributed by atoms with van der Waals surface area (Å²) in [6.07, 6.45) is -4.74. The molecule has 8 heteroatoms. The lowest BCUT2D eigenvalue weighted by Gasteiger charge is -2.17. The summed E-state index contributed by atoms with van der Waals surface area (Å²) in [5.41, 5.74) is -0.128. The minimum atomic E-state index is -4.50. The monoisotopic (exact) mass is 442 g/mol. The number of hydrogen-bond donors (Lipinski definition) is 2. The summed E-state index contributed by atoms with van der Waals surface area (Å²) in [6, 6.07) is 19.4. The normalized spacial score (nSPS) is 12.0. The standard InChI is InChI=1S/C24H21F3N2O3/c1-2-21(32-20-9-4-3-5-10-20)23(31)28-18-13-11-16(12-14-18)22(30)29-19-8-6-7-17(15-19)24(25,26)27/h3-15,21H,2H2,1H3,(H,28,31)(H,29,30). The Morgan fingerprint density at radius 2 is 1.56 bits per heavy atom. The Morgan fingerprint density at radius 3 is 2.19 bits per heavy atom. The lowest BCUT2D eigenvalue weighted by atomic mass is 10.1. The van der Waals surface area contributed by atoms with Gasteiger partial charge in [-0.2, -0.15) is 13.2 Å². The maximum atomic E-state index is 12.8. The van der Waals surface area contributed by atoms with Crippen LogP contribution in [0.4, 0.5) is 24.5 Å². The second kappa shape index (κ2) is 10.00. The quantitative estimate of drug-likeness (QED) is 0.489. The molecule has 0 bridgehead atoms. The van der Waals surface area contributed by atoms with Crippen molar-refractivity contribution in [3.63, 3.8) is 0 Å². The van der Waals surface area contributed by atoms with Crippen LogP contribution in [0, 0.1) is 0 Å². The molecule has 0 heterocycles. The second-order valence-electron chi connectivity index (χ2n) is 6.93. The molecule has 0 spiro atoms. The maximum Gasteiger partial charge on any atom is 0.416 e. The van der Waals surface area contributed by atoms with Crippen molar-refractivity contribution in [2.75, 3.05) is 10.6 Å². The average Bonchev–Trinajstić information content (AvgIpc) is 2.78. The molecule has 0 saturated heterocycles. The molecule has 166 valence electrons. The van der Waals surface area contributed by atoms with Crippen LogP contribution >= 0.6 is 0 Å². The Morgan fingerprint density at radius 1 is 0.875 bits per heavy atom. The van der Waals surface area contributed by atoms with Crippen LogP contribution in [0.15, 0.2) is 78.9 Å². The first-order chi connectivity index (χ1) is 15.3. The fourth-order valence-corrected chi connectivity index (χ4v) is 2.89. The van der Waals surface area contributed by atoms with Gasteiger partial charge in [-0.15, -0.1) is 0 Å². The van der Waals surface area contributed by atoms with Gasteiger partial charge in [-0.25, -0.2) is 0 Å². The molecular weight excluding hydrogens is 421 g/mol. The van der Waals surface area contributed by atoms with E-state index >= 15 is 0 Å². The number of carbonyl (C=O) groups is 2. The third kappa shape index (κ3) is 6.10. The Balaban J connectivity index is 1.62. The van der Waals surface area contributed by atoms with Crippen molar-refractivity contribution in [1.82, 2.24) is 0 Å². The van der Waals surface area contributed by atoms with Crippen LogP contribution in [0.5, 0.6) is 5.75 Å². The zero-order valence-corrected chi connectivity index (χ0v) is 17.1. The van der Waals surface area contributed by atoms with E-state index in [4.69, 9.17) is 4.74 Å². The molecule has 3 rings (SSSR count). The number of benzene rings is 3. The number of rotatable bonds is 7. The van der Waals surface area contributed by atoms with Gasteiger partial charge in [-0.05, 0) is 61.0 Å². The average molecular weight is 442 g/mol. The minimum absolute atomic E-state index is 0.0334. The number of halogens is 3. The number of hydrogen-bond acceptors (Lipinski definition) is 3. The fraction of sp³-hybridized carbons (Fsp3) is 0.167. The fourth-order valence-electron chi connectivity index (χ4n) is 2.89. The molecule has 2 amide bonds. The van der Waals surface area contributed by atoms with E-state index in [1.807, 2.05) is 25.1 Å². The molecule has 32 heavy (non-hydrogen) atoms. The first-order valence-corrected chi connectivity index (χ1v) is 9.87. The lowest BCUT2D eigenvalue weighted by Crippen LogP contribution is -2.32. The zero-order chi connectivity index (χ0) is 23.1. The van der Waals surface area contributed by atoms with Crippen molar-refractivity contribution in [3.05, 3.63) is 90.0 Å². The lowest BCUT2D eigenvalue weighted by molar-refractivity contribution is -0.137. The van der Waals surface area contributed by atoms with Gasteiger partial charge in [0.05, 0.1) is 5.56 Å². The molecule has 3 aromatic carbocycles. The molecule has 3 aromatic rings. The first-order valence-electron chi connectivity index (χ1n) is 9.87. The number of amides is 2. The van der Waals surface area contributed by atoms with Crippen LogP contribution < -0.4 is 15.4 Å². The van der Waals surface area contributed by atoms with Crippen LogP contribution in [-0.4, -0.2) is 17.9 Å². The third-order valence-corrected chi connectivity index (χ3v) is 4.55. The SMILES string of the molecule is CCC(Oc1ccccc1)C(=O)Nc1ccc(C(=O)Nc2cccc(C(F)(F)F)c2)cc1. The summed E-state index contributed by atoms with van der Waals surface area (Å²) in [5.74, 6) is -0.324. The van der Waals surface area contributed by atoms with Crippen molar-refractivity contribution >= 4 is 23.2 Å². The summed E-state index contributed by atoms with van der Waals surface area (Å²) in [7, 11) is 0. The predicted molar refractivity (Wildman–Crippen MR) is 116 cm³/mol. The summed E-state index contributed by atoms with van der Waals surface area (Å²) < 4.78 is 44.2. The molecule has 0 saturated carbocycles. The van der Waals surface area contributed by atoms with E-state index < -0.39 is 23.8 Å². The van der Waals surface area contributed by atoms with Gasteiger partial charge in [-0.1, -0.05) is 31.2 Å². The van der Waals surface area contributed by atoms with Gasteiger partial charge in [-0.3, -0.25) is 9.59 Å². The van der Waals surface area contributed by atoms with E-state index in [1.54, 1.807) is 12.1 Å². The molecule has 0 radical (unpaired) electrons. The summed E-state index contributed by atoms with van der Waals surface area (Å²) in [4.78, 5) is 24.9. The Labute approximate surface area is 183 Å². The van der Waals surface area contributed by atoms with Gasteiger partial charge >= 0.3 is 6.18 Å². The minimum Gasteiger partial charge on any atom is -0.481 e. The van der Waals surface area contributed by atoms with Gasteiger partial charge in [0.2, 0.25) is 0 Å². The van der Waals surface area contributed by atoms with E-state index in [2.05, 4.69) is 10.6 Å². The number of nitrogens with one attached hydrogen (secondary N) is 2. The highest BCUT2D eigenvalue weighted by molar-refractivity contribution is 6.04. The molecule has 0 aliphatic heterocycles. The van der Waals surface area contributed by atoms with Gasteiger partial charge in [0.25, 0.3) is 11.8 Å². The molecule has 1 unspecified atom stereocenters. The number of alkyl halides is 3. The number of anilines is 2. The number of ether oxygens (including phenoxy) is 1. The smallest absolute Gasteiger partial charge is 0.416 e. The molecule has 5 nitrogen and oxygen atoms in total.